The van der Waals surface area contributed by atoms with Crippen LogP contribution >= 0.6 is 23.1 Å². The number of aryl methyl sites for hydroxylation is 1. The van der Waals surface area contributed by atoms with Gasteiger partial charge in [0.25, 0.3) is 17.7 Å². The van der Waals surface area contributed by atoms with Crippen LogP contribution in [0.15, 0.2) is 28.2 Å². The number of Topliss-reactive ketones (excluding diaryl/α,β-unsaturated/α-hetero) is 1. The van der Waals surface area contributed by atoms with Crippen LogP contribution in [-0.4, -0.2) is 143 Å². The van der Waals surface area contributed by atoms with Gasteiger partial charge >= 0.3 is 5.97 Å². The van der Waals surface area contributed by atoms with Crippen molar-refractivity contribution in [1.29, 1.82) is 0 Å². The Labute approximate surface area is 368 Å². The molecule has 0 aliphatic carbocycles. The predicted molar refractivity (Wildman–Crippen MR) is 234 cm³/mol. The molecule has 0 radical (unpaired) electrons. The van der Waals surface area contributed by atoms with Crippen LogP contribution in [0.25, 0.3) is 5.70 Å². The minimum Gasteiger partial charge on any atom is -0.504 e. The van der Waals surface area contributed by atoms with E-state index in [1.807, 2.05) is 34.6 Å². The largest absolute Gasteiger partial charge is 0.504 e. The first kappa shape index (κ1) is 49.0. The number of aromatic nitrogens is 5. The molecule has 1 aromatic carbocycles. The number of fused-ring (bicyclic) bond motifs is 1. The Balaban J connectivity index is 0.00000205. The summed E-state index contributed by atoms with van der Waals surface area (Å²) in [6.45, 7) is 15.9. The SMILES string of the molecule is CC.CC.CCCC(=O)C(C)(C)O/N=C(\C(=O)N[C@@H]1C(=O)N2C(c3nnnn3C)=C(C[N+]3(CCNC(=O)c4cc(O)c(O)c(C(=O)OC)c4)CCCC3)CS[C@H]12)c1csc(N)n1. The molecule has 20 nitrogen and oxygen atoms in total. The number of phenols is 2. The molecule has 2 fully saturated rings. The summed E-state index contributed by atoms with van der Waals surface area (Å²) in [5, 5.41) is 43.4. The second-order valence-corrected chi connectivity index (χ2v) is 16.7. The van der Waals surface area contributed by atoms with Gasteiger partial charge in [0.1, 0.15) is 29.2 Å². The molecule has 0 unspecified atom stereocenters. The van der Waals surface area contributed by atoms with E-state index in [2.05, 4.69) is 41.0 Å². The van der Waals surface area contributed by atoms with Crippen molar-refractivity contribution in [3.8, 4) is 11.5 Å². The topological polar surface area (TPSA) is 266 Å². The average Bonchev–Trinajstić information content (AvgIpc) is 4.03. The van der Waals surface area contributed by atoms with Crippen LogP contribution in [0.3, 0.4) is 0 Å². The number of esters is 1. The summed E-state index contributed by atoms with van der Waals surface area (Å²) in [5.41, 5.74) is 5.56. The highest BCUT2D eigenvalue weighted by Crippen LogP contribution is 2.44. The van der Waals surface area contributed by atoms with E-state index in [-0.39, 0.29) is 52.3 Å². The number of anilines is 1. The number of hydrogen-bond acceptors (Lipinski definition) is 17. The number of likely N-dealkylation sites (tertiary alicyclic amines) is 1. The lowest BCUT2D eigenvalue weighted by atomic mass is 10.0. The number of amides is 3. The summed E-state index contributed by atoms with van der Waals surface area (Å²) < 4.78 is 6.74. The number of aromatic hydroxyl groups is 2. The van der Waals surface area contributed by atoms with Crippen molar-refractivity contribution in [1.82, 2.24) is 40.7 Å². The number of methoxy groups -OCH3 is 1. The number of rotatable bonds is 16. The molecular weight excluding hydrogens is 843 g/mol. The minimum absolute atomic E-state index is 0.0244. The number of thioether (sulfide) groups is 1. The van der Waals surface area contributed by atoms with E-state index in [1.54, 1.807) is 25.8 Å². The van der Waals surface area contributed by atoms with Gasteiger partial charge in [0.15, 0.2) is 39.6 Å². The van der Waals surface area contributed by atoms with Crippen LogP contribution in [0.4, 0.5) is 5.13 Å². The van der Waals surface area contributed by atoms with Gasteiger partial charge in [0, 0.05) is 48.6 Å². The van der Waals surface area contributed by atoms with Crippen molar-refractivity contribution in [2.75, 3.05) is 51.3 Å². The van der Waals surface area contributed by atoms with E-state index >= 15 is 0 Å². The third kappa shape index (κ3) is 10.7. The number of nitrogen functional groups attached to an aromatic ring is 1. The van der Waals surface area contributed by atoms with Crippen LogP contribution in [0.1, 0.15) is 106 Å². The first-order chi connectivity index (χ1) is 29.6. The van der Waals surface area contributed by atoms with Gasteiger partial charge in [0.05, 0.1) is 39.0 Å². The third-order valence-corrected chi connectivity index (χ3v) is 12.3. The van der Waals surface area contributed by atoms with Crippen LogP contribution < -0.4 is 16.4 Å². The lowest BCUT2D eigenvalue weighted by Gasteiger charge is -2.50. The van der Waals surface area contributed by atoms with Crippen molar-refractivity contribution >= 4 is 69.1 Å². The van der Waals surface area contributed by atoms with Gasteiger partial charge in [-0.15, -0.1) is 28.2 Å². The van der Waals surface area contributed by atoms with Crippen molar-refractivity contribution in [2.24, 2.45) is 12.2 Å². The number of nitrogens with two attached hydrogens (primary N) is 1. The maximum Gasteiger partial charge on any atom is 0.341 e. The number of quaternary nitrogens is 1. The number of ketones is 1. The van der Waals surface area contributed by atoms with Crippen molar-refractivity contribution < 1.29 is 48.2 Å². The van der Waals surface area contributed by atoms with Gasteiger partial charge in [-0.1, -0.05) is 39.8 Å². The summed E-state index contributed by atoms with van der Waals surface area (Å²) in [4.78, 5) is 77.3. The zero-order valence-electron chi connectivity index (χ0n) is 36.7. The minimum atomic E-state index is -1.32. The second-order valence-electron chi connectivity index (χ2n) is 14.7. The molecule has 2 saturated heterocycles. The number of hydrogen-bond donors (Lipinski definition) is 5. The first-order valence-electron chi connectivity index (χ1n) is 20.6. The Bertz CT molecular complexity index is 2180. The molecule has 22 heteroatoms. The number of nitrogens with one attached hydrogen (secondary N) is 2. The lowest BCUT2D eigenvalue weighted by molar-refractivity contribution is -0.911. The summed E-state index contributed by atoms with van der Waals surface area (Å²) in [7, 11) is 2.80. The molecule has 2 atom stereocenters. The summed E-state index contributed by atoms with van der Waals surface area (Å²) in [6, 6.07) is 1.29. The highest BCUT2D eigenvalue weighted by molar-refractivity contribution is 8.00. The van der Waals surface area contributed by atoms with E-state index < -0.39 is 46.3 Å². The van der Waals surface area contributed by atoms with Gasteiger partial charge in [-0.3, -0.25) is 24.1 Å². The monoisotopic (exact) mass is 900 g/mol. The van der Waals surface area contributed by atoms with E-state index in [1.165, 1.54) is 21.8 Å². The number of carbonyl (C=O) groups excluding carboxylic acids is 5. The fourth-order valence-electron chi connectivity index (χ4n) is 7.19. The summed E-state index contributed by atoms with van der Waals surface area (Å²) >= 11 is 2.58. The van der Waals surface area contributed by atoms with E-state index in [0.717, 1.165) is 62.1 Å². The molecule has 6 N–H and O–H groups in total. The number of thiazole rings is 1. The molecule has 62 heavy (non-hydrogen) atoms. The third-order valence-electron chi connectivity index (χ3n) is 10.3. The standard InChI is InChI=1S/C36H45N11O9S2.2C2H6/c1-6-9-24(49)36(2,3)56-42-25(22-18-58-35(37)39-22)31(52)40-26-32(53)46-27(29-41-43-44-45(29)4)20(17-57-33(26)46)16-47(11-7-8-12-47)13-10-38-30(51)19-14-21(34(54)55-5)28(50)23(48)15-19;2*1-2/h14-15,18,26,33H,6-13,16-17H2,1-5H3,(H5-,37,38,39,40,42,43,44,48,50,51,52,54);2*1-2H3/p+1/t26-,33-;;/m1../s1. The molecule has 338 valence electrons. The Morgan fingerprint density at radius 2 is 1.81 bits per heavy atom. The van der Waals surface area contributed by atoms with Crippen LogP contribution in [0, 0.1) is 0 Å². The van der Waals surface area contributed by atoms with Crippen molar-refractivity contribution in [3.63, 3.8) is 0 Å². The summed E-state index contributed by atoms with van der Waals surface area (Å²) in [5.74, 6) is -3.21. The molecule has 0 saturated carbocycles. The van der Waals surface area contributed by atoms with E-state index in [9.17, 15) is 34.2 Å². The maximum absolute atomic E-state index is 14.1. The number of benzene rings is 1. The highest BCUT2D eigenvalue weighted by atomic mass is 32.2. The fraction of sp³-hybridized carbons (Fsp3) is 0.550. The molecule has 3 aliphatic heterocycles. The predicted octanol–water partition coefficient (Wildman–Crippen LogP) is 3.22. The molecule has 6 rings (SSSR count). The molecule has 0 bridgehead atoms. The number of oxime groups is 1. The van der Waals surface area contributed by atoms with Gasteiger partial charge in [-0.05, 0) is 42.8 Å². The molecule has 2 aromatic heterocycles. The Hall–Kier alpha value is -5.61. The number of ether oxygens (including phenoxy) is 1. The normalized spacial score (nSPS) is 18.0. The van der Waals surface area contributed by atoms with Crippen LogP contribution in [0.5, 0.6) is 11.5 Å². The maximum atomic E-state index is 14.1. The fourth-order valence-corrected chi connectivity index (χ4v) is 9.08. The first-order valence-corrected chi connectivity index (χ1v) is 22.5. The van der Waals surface area contributed by atoms with Gasteiger partial charge < -0.3 is 40.6 Å². The molecule has 0 spiro atoms. The Kier molecular flexibility index (Phi) is 17.0. The van der Waals surface area contributed by atoms with E-state index in [0.29, 0.717) is 41.3 Å². The van der Waals surface area contributed by atoms with Crippen molar-refractivity contribution in [3.05, 3.63) is 45.7 Å². The molecular formula is C40H58N11O9S2+. The average molecular weight is 901 g/mol. The lowest BCUT2D eigenvalue weighted by Crippen LogP contribution is -2.70. The van der Waals surface area contributed by atoms with Gasteiger partial charge in [-0.2, -0.15) is 0 Å². The van der Waals surface area contributed by atoms with Gasteiger partial charge in [0.2, 0.25) is 0 Å². The highest BCUT2D eigenvalue weighted by Gasteiger charge is 2.55. The number of carbonyl (C=O) groups is 5. The second kappa shape index (κ2) is 21.5. The van der Waals surface area contributed by atoms with E-state index in [4.69, 9.17) is 10.6 Å². The van der Waals surface area contributed by atoms with Crippen LogP contribution in [-0.2, 0) is 31.0 Å². The number of phenolic OH excluding ortho intramolecular Hbond substituents is 2. The zero-order valence-corrected chi connectivity index (χ0v) is 38.3. The summed E-state index contributed by atoms with van der Waals surface area (Å²) in [6.07, 6.45) is 2.78. The smallest absolute Gasteiger partial charge is 0.341 e. The molecule has 3 aliphatic rings. The quantitative estimate of drug-likeness (QED) is 0.0345. The van der Waals surface area contributed by atoms with Gasteiger partial charge in [-0.25, -0.2) is 14.5 Å². The molecule has 5 heterocycles. The Morgan fingerprint density at radius 3 is 2.40 bits per heavy atom. The number of β-lactam (4-membered cyclic amide) rings is 1. The molecule has 3 aromatic rings. The number of tetrazole rings is 1. The number of nitrogens with zero attached hydrogens (tertiary/aromatic N) is 8. The molecule has 3 amide bonds. The Morgan fingerprint density at radius 1 is 1.11 bits per heavy atom. The zero-order chi connectivity index (χ0) is 45.9. The van der Waals surface area contributed by atoms with Crippen molar-refractivity contribution in [2.45, 2.75) is 91.2 Å². The van der Waals surface area contributed by atoms with Crippen LogP contribution in [0.2, 0.25) is 0 Å².